The van der Waals surface area contributed by atoms with Gasteiger partial charge in [0.1, 0.15) is 0 Å². The van der Waals surface area contributed by atoms with Crippen LogP contribution in [0.25, 0.3) is 0 Å². The number of thioether (sulfide) groups is 1. The van der Waals surface area contributed by atoms with Gasteiger partial charge < -0.3 is 0 Å². The summed E-state index contributed by atoms with van der Waals surface area (Å²) in [5, 5.41) is 0. The quantitative estimate of drug-likeness (QED) is 0.680. The van der Waals surface area contributed by atoms with Crippen LogP contribution in [0.2, 0.25) is 0 Å². The molecule has 0 bridgehead atoms. The van der Waals surface area contributed by atoms with E-state index in [2.05, 4.69) is 15.9 Å². The lowest BCUT2D eigenvalue weighted by Gasteiger charge is -2.25. The second-order valence-electron chi connectivity index (χ2n) is 4.66. The van der Waals surface area contributed by atoms with E-state index in [0.29, 0.717) is 10.5 Å². The van der Waals surface area contributed by atoms with Gasteiger partial charge in [-0.3, -0.25) is 0 Å². The Morgan fingerprint density at radius 2 is 2.05 bits per heavy atom. The van der Waals surface area contributed by atoms with Crippen LogP contribution in [0.1, 0.15) is 18.1 Å². The lowest BCUT2D eigenvalue weighted by atomic mass is 10.2. The Kier molecular flexibility index (Phi) is 6.86. The molecule has 1 aromatic carbocycles. The molecule has 0 aliphatic carbocycles. The van der Waals surface area contributed by atoms with Gasteiger partial charge in [0, 0.05) is 29.2 Å². The van der Waals surface area contributed by atoms with Gasteiger partial charge >= 0.3 is 0 Å². The van der Waals surface area contributed by atoms with Crippen molar-refractivity contribution in [1.29, 1.82) is 0 Å². The van der Waals surface area contributed by atoms with Gasteiger partial charge in [-0.05, 0) is 43.4 Å². The van der Waals surface area contributed by atoms with Gasteiger partial charge in [0.15, 0.2) is 0 Å². The third-order valence-electron chi connectivity index (χ3n) is 3.20. The minimum atomic E-state index is -3.51. The second kappa shape index (κ2) is 7.49. The first-order chi connectivity index (χ1) is 9.25. The first-order valence-electron chi connectivity index (χ1n) is 6.07. The van der Waals surface area contributed by atoms with E-state index < -0.39 is 10.0 Å². The minimum absolute atomic E-state index is 0.0622. The summed E-state index contributed by atoms with van der Waals surface area (Å²) in [4.78, 5) is 0.318. The van der Waals surface area contributed by atoms with Crippen molar-refractivity contribution in [2.24, 2.45) is 0 Å². The molecular formula is C13H19BrClNO2S2. The summed E-state index contributed by atoms with van der Waals surface area (Å²) in [5.41, 5.74) is 1.50. The number of halogens is 2. The highest BCUT2D eigenvalue weighted by Crippen LogP contribution is 2.29. The van der Waals surface area contributed by atoms with Crippen LogP contribution in [0.3, 0.4) is 0 Å². The monoisotopic (exact) mass is 399 g/mol. The number of hydrogen-bond acceptors (Lipinski definition) is 3. The fourth-order valence-electron chi connectivity index (χ4n) is 1.79. The molecular weight excluding hydrogens is 382 g/mol. The highest BCUT2D eigenvalue weighted by atomic mass is 79.9. The van der Waals surface area contributed by atoms with Crippen molar-refractivity contribution in [3.8, 4) is 0 Å². The highest BCUT2D eigenvalue weighted by Gasteiger charge is 2.27. The van der Waals surface area contributed by atoms with Crippen LogP contribution >= 0.6 is 39.3 Å². The maximum absolute atomic E-state index is 12.7. The van der Waals surface area contributed by atoms with E-state index in [-0.39, 0.29) is 11.9 Å². The largest absolute Gasteiger partial charge is 0.243 e. The maximum Gasteiger partial charge on any atom is 0.243 e. The zero-order valence-corrected chi connectivity index (χ0v) is 16.0. The van der Waals surface area contributed by atoms with Crippen molar-refractivity contribution >= 4 is 49.3 Å². The molecule has 1 rings (SSSR count). The smallest absolute Gasteiger partial charge is 0.207 e. The van der Waals surface area contributed by atoms with Gasteiger partial charge in [-0.25, -0.2) is 8.42 Å². The van der Waals surface area contributed by atoms with Crippen molar-refractivity contribution in [2.75, 3.05) is 19.1 Å². The summed E-state index contributed by atoms with van der Waals surface area (Å²) >= 11 is 10.9. The molecule has 0 amide bonds. The van der Waals surface area contributed by atoms with Gasteiger partial charge in [-0.2, -0.15) is 16.1 Å². The average Bonchev–Trinajstić information content (AvgIpc) is 2.40. The van der Waals surface area contributed by atoms with Gasteiger partial charge in [0.25, 0.3) is 0 Å². The number of rotatable bonds is 6. The van der Waals surface area contributed by atoms with Gasteiger partial charge in [-0.1, -0.05) is 15.9 Å². The molecule has 1 unspecified atom stereocenters. The molecule has 1 aromatic rings. The number of sulfonamides is 1. The van der Waals surface area contributed by atoms with Crippen molar-refractivity contribution in [1.82, 2.24) is 4.31 Å². The third-order valence-corrected chi connectivity index (χ3v) is 7.24. The molecule has 114 valence electrons. The molecule has 0 aliphatic rings. The van der Waals surface area contributed by atoms with Gasteiger partial charge in [0.2, 0.25) is 10.0 Å². The molecule has 0 aromatic heterocycles. The molecule has 20 heavy (non-hydrogen) atoms. The van der Waals surface area contributed by atoms with E-state index in [1.807, 2.05) is 19.2 Å². The van der Waals surface area contributed by atoms with Crippen LogP contribution in [0.4, 0.5) is 0 Å². The number of alkyl halides is 1. The van der Waals surface area contributed by atoms with E-state index in [1.54, 1.807) is 31.8 Å². The van der Waals surface area contributed by atoms with Gasteiger partial charge in [0.05, 0.1) is 4.90 Å². The van der Waals surface area contributed by atoms with Gasteiger partial charge in [-0.15, -0.1) is 11.6 Å². The molecule has 0 radical (unpaired) electrons. The van der Waals surface area contributed by atoms with E-state index in [4.69, 9.17) is 11.6 Å². The van der Waals surface area contributed by atoms with Crippen molar-refractivity contribution < 1.29 is 8.42 Å². The van der Waals surface area contributed by atoms with E-state index in [1.165, 1.54) is 4.31 Å². The van der Waals surface area contributed by atoms with Crippen molar-refractivity contribution in [2.45, 2.75) is 30.7 Å². The van der Waals surface area contributed by atoms with E-state index in [9.17, 15) is 8.42 Å². The molecule has 0 fully saturated rings. The van der Waals surface area contributed by atoms with Crippen LogP contribution < -0.4 is 0 Å². The van der Waals surface area contributed by atoms with Crippen LogP contribution in [0.15, 0.2) is 21.5 Å². The Labute approximate surface area is 139 Å². The summed E-state index contributed by atoms with van der Waals surface area (Å²) in [6.45, 7) is 3.70. The predicted octanol–water partition coefficient (Wildman–Crippen LogP) is 3.87. The van der Waals surface area contributed by atoms with Crippen molar-refractivity contribution in [3.63, 3.8) is 0 Å². The molecule has 3 nitrogen and oxygen atoms in total. The number of nitrogens with zero attached hydrogens (tertiary/aromatic N) is 1. The Morgan fingerprint density at radius 1 is 1.45 bits per heavy atom. The summed E-state index contributed by atoms with van der Waals surface area (Å²) in [6, 6.07) is 3.45. The zero-order chi connectivity index (χ0) is 15.5. The van der Waals surface area contributed by atoms with Crippen molar-refractivity contribution in [3.05, 3.63) is 27.7 Å². The first kappa shape index (κ1) is 18.3. The first-order valence-corrected chi connectivity index (χ1v) is 10.2. The molecule has 1 atom stereocenters. The summed E-state index contributed by atoms with van der Waals surface area (Å²) in [6.07, 6.45) is 1.97. The summed E-state index contributed by atoms with van der Waals surface area (Å²) < 4.78 is 27.7. The second-order valence-corrected chi connectivity index (χ2v) is 8.66. The SMILES string of the molecule is CSCC(C)N(C)S(=O)(=O)c1cc(CCl)cc(Br)c1C. The normalized spacial score (nSPS) is 13.8. The molecule has 0 aliphatic heterocycles. The Bertz CT molecular complexity index is 578. The molecule has 0 saturated heterocycles. The van der Waals surface area contributed by atoms with Crippen LogP contribution in [0.5, 0.6) is 0 Å². The lowest BCUT2D eigenvalue weighted by molar-refractivity contribution is 0.414. The summed E-state index contributed by atoms with van der Waals surface area (Å²) in [5.74, 6) is 1.04. The lowest BCUT2D eigenvalue weighted by Crippen LogP contribution is -2.37. The standard InChI is InChI=1S/C13H19BrClNO2S2/c1-9(8-19-4)16(3)20(17,18)13-6-11(7-15)5-12(14)10(13)2/h5-6,9H,7-8H2,1-4H3. The molecule has 0 heterocycles. The third kappa shape index (κ3) is 3.91. The van der Waals surface area contributed by atoms with E-state index in [0.717, 1.165) is 15.8 Å². The fraction of sp³-hybridized carbons (Fsp3) is 0.538. The maximum atomic E-state index is 12.7. The van der Waals surface area contributed by atoms with E-state index >= 15 is 0 Å². The highest BCUT2D eigenvalue weighted by molar-refractivity contribution is 9.10. The number of hydrogen-bond donors (Lipinski definition) is 0. The number of benzene rings is 1. The molecule has 0 saturated carbocycles. The Morgan fingerprint density at radius 3 is 2.55 bits per heavy atom. The fourth-order valence-corrected chi connectivity index (χ4v) is 5.04. The molecule has 0 spiro atoms. The van der Waals surface area contributed by atoms with Crippen LogP contribution in [-0.2, 0) is 15.9 Å². The Balaban J connectivity index is 3.31. The average molecular weight is 401 g/mol. The summed E-state index contributed by atoms with van der Waals surface area (Å²) in [7, 11) is -1.89. The molecule has 7 heteroatoms. The molecule has 0 N–H and O–H groups in total. The minimum Gasteiger partial charge on any atom is -0.207 e. The topological polar surface area (TPSA) is 37.4 Å². The predicted molar refractivity (Wildman–Crippen MR) is 91.2 cm³/mol. The van der Waals surface area contributed by atoms with Crippen LogP contribution in [0, 0.1) is 6.92 Å². The Hall–Kier alpha value is 0.250. The zero-order valence-electron chi connectivity index (χ0n) is 12.0. The van der Waals surface area contributed by atoms with Crippen LogP contribution in [-0.4, -0.2) is 37.8 Å².